The van der Waals surface area contributed by atoms with Gasteiger partial charge in [0.25, 0.3) is 0 Å². The van der Waals surface area contributed by atoms with Gasteiger partial charge in [-0.25, -0.2) is 0 Å². The minimum atomic E-state index is 0.210. The molecule has 0 aliphatic carbocycles. The normalized spacial score (nSPS) is 24.5. The highest BCUT2D eigenvalue weighted by Crippen LogP contribution is 2.32. The molecule has 1 aromatic rings. The number of fused-ring (bicyclic) bond motifs is 2. The molecule has 2 atom stereocenters. The second-order valence-electron chi connectivity index (χ2n) is 5.97. The zero-order valence-corrected chi connectivity index (χ0v) is 12.5. The molecule has 3 fully saturated rings. The maximum Gasteiger partial charge on any atom is 0.222 e. The Hall–Kier alpha value is -1.68. The quantitative estimate of drug-likeness (QED) is 0.777. The van der Waals surface area contributed by atoms with Crippen LogP contribution in [0.4, 0.5) is 0 Å². The fourth-order valence-electron chi connectivity index (χ4n) is 3.48. The first kappa shape index (κ1) is 14.3. The van der Waals surface area contributed by atoms with Crippen molar-refractivity contribution in [1.82, 2.24) is 9.80 Å². The molecule has 2 bridgehead atoms. The Morgan fingerprint density at radius 3 is 2.43 bits per heavy atom. The van der Waals surface area contributed by atoms with E-state index in [2.05, 4.69) is 4.90 Å². The van der Waals surface area contributed by atoms with Crippen LogP contribution in [0, 0.1) is 0 Å². The number of rotatable bonds is 5. The van der Waals surface area contributed by atoms with Gasteiger partial charge in [-0.3, -0.25) is 14.5 Å². The molecule has 4 heteroatoms. The van der Waals surface area contributed by atoms with Crippen molar-refractivity contribution in [2.75, 3.05) is 19.6 Å². The van der Waals surface area contributed by atoms with Crippen molar-refractivity contribution in [3.63, 3.8) is 0 Å². The zero-order chi connectivity index (χ0) is 14.8. The van der Waals surface area contributed by atoms with Gasteiger partial charge in [0.15, 0.2) is 5.78 Å². The monoisotopic (exact) mass is 286 g/mol. The van der Waals surface area contributed by atoms with Crippen LogP contribution >= 0.6 is 0 Å². The summed E-state index contributed by atoms with van der Waals surface area (Å²) >= 11 is 0. The van der Waals surface area contributed by atoms with Crippen molar-refractivity contribution in [3.8, 4) is 0 Å². The number of amides is 1. The van der Waals surface area contributed by atoms with Crippen LogP contribution in [0.15, 0.2) is 30.3 Å². The van der Waals surface area contributed by atoms with Gasteiger partial charge in [-0.1, -0.05) is 37.3 Å². The number of Topliss-reactive ketones (excluding diaryl/α,β-unsaturated/α-hetero) is 1. The van der Waals surface area contributed by atoms with Crippen LogP contribution in [0.1, 0.15) is 36.5 Å². The van der Waals surface area contributed by atoms with Crippen molar-refractivity contribution in [2.24, 2.45) is 0 Å². The Morgan fingerprint density at radius 1 is 1.14 bits per heavy atom. The highest BCUT2D eigenvalue weighted by atomic mass is 16.2. The van der Waals surface area contributed by atoms with E-state index in [1.807, 2.05) is 42.2 Å². The lowest BCUT2D eigenvalue weighted by atomic mass is 9.86. The molecular weight excluding hydrogens is 264 g/mol. The Balaban J connectivity index is 1.50. The summed E-state index contributed by atoms with van der Waals surface area (Å²) in [6.45, 7) is 4.40. The van der Waals surface area contributed by atoms with Gasteiger partial charge in [0.05, 0.1) is 0 Å². The van der Waals surface area contributed by atoms with Gasteiger partial charge < -0.3 is 4.90 Å². The molecule has 0 radical (unpaired) electrons. The molecule has 3 aliphatic rings. The number of hydrogen-bond donors (Lipinski definition) is 0. The number of piperazine rings is 1. The van der Waals surface area contributed by atoms with Gasteiger partial charge in [0.2, 0.25) is 5.91 Å². The van der Waals surface area contributed by atoms with Gasteiger partial charge >= 0.3 is 0 Å². The largest absolute Gasteiger partial charge is 0.340 e. The van der Waals surface area contributed by atoms with Crippen LogP contribution in [-0.4, -0.2) is 53.2 Å². The van der Waals surface area contributed by atoms with E-state index in [4.69, 9.17) is 0 Å². The fourth-order valence-corrected chi connectivity index (χ4v) is 3.48. The topological polar surface area (TPSA) is 40.6 Å². The molecule has 3 aliphatic heterocycles. The Bertz CT molecular complexity index is 517. The highest BCUT2D eigenvalue weighted by molar-refractivity contribution is 5.96. The summed E-state index contributed by atoms with van der Waals surface area (Å²) in [7, 11) is 0. The smallest absolute Gasteiger partial charge is 0.222 e. The second kappa shape index (κ2) is 5.98. The van der Waals surface area contributed by atoms with Crippen molar-refractivity contribution in [1.29, 1.82) is 0 Å². The number of benzene rings is 1. The van der Waals surface area contributed by atoms with Crippen molar-refractivity contribution >= 4 is 11.7 Å². The molecular formula is C17H22N2O2. The Labute approximate surface area is 125 Å². The van der Waals surface area contributed by atoms with Crippen LogP contribution in [0.25, 0.3) is 0 Å². The fraction of sp³-hybridized carbons (Fsp3) is 0.529. The summed E-state index contributed by atoms with van der Waals surface area (Å²) in [6.07, 6.45) is 2.33. The molecule has 2 unspecified atom stereocenters. The predicted molar refractivity (Wildman–Crippen MR) is 81.2 cm³/mol. The summed E-state index contributed by atoms with van der Waals surface area (Å²) in [5, 5.41) is 0. The van der Waals surface area contributed by atoms with Crippen molar-refractivity contribution in [2.45, 2.75) is 38.3 Å². The molecule has 1 amide bonds. The SMILES string of the molecule is CCC(=O)N1CC2CC(C1)N2CCC(=O)c1ccccc1. The molecule has 0 spiro atoms. The molecule has 3 saturated heterocycles. The zero-order valence-electron chi connectivity index (χ0n) is 12.5. The molecule has 3 heterocycles. The molecule has 0 aromatic heterocycles. The maximum atomic E-state index is 12.1. The summed E-state index contributed by atoms with van der Waals surface area (Å²) in [5.41, 5.74) is 0.797. The first-order chi connectivity index (χ1) is 10.2. The molecule has 21 heavy (non-hydrogen) atoms. The molecule has 4 nitrogen and oxygen atoms in total. The van der Waals surface area contributed by atoms with E-state index in [0.29, 0.717) is 24.9 Å². The van der Waals surface area contributed by atoms with Gasteiger partial charge in [-0.2, -0.15) is 0 Å². The van der Waals surface area contributed by atoms with E-state index in [-0.39, 0.29) is 11.7 Å². The van der Waals surface area contributed by atoms with Gasteiger partial charge in [-0.05, 0) is 6.42 Å². The minimum Gasteiger partial charge on any atom is -0.340 e. The van der Waals surface area contributed by atoms with Gasteiger partial charge in [-0.15, -0.1) is 0 Å². The lowest BCUT2D eigenvalue weighted by molar-refractivity contribution is -0.143. The minimum absolute atomic E-state index is 0.210. The average Bonchev–Trinajstić information content (AvgIpc) is 2.54. The van der Waals surface area contributed by atoms with Crippen molar-refractivity contribution in [3.05, 3.63) is 35.9 Å². The van der Waals surface area contributed by atoms with Gasteiger partial charge in [0.1, 0.15) is 0 Å². The lowest BCUT2D eigenvalue weighted by Gasteiger charge is -2.56. The molecule has 4 rings (SSSR count). The molecule has 1 aromatic carbocycles. The number of piperidine rings is 1. The van der Waals surface area contributed by atoms with Crippen molar-refractivity contribution < 1.29 is 9.59 Å². The van der Waals surface area contributed by atoms with Crippen LogP contribution in [0.2, 0.25) is 0 Å². The summed E-state index contributed by atoms with van der Waals surface area (Å²) < 4.78 is 0. The van der Waals surface area contributed by atoms with E-state index >= 15 is 0 Å². The third-order valence-corrected chi connectivity index (χ3v) is 4.69. The highest BCUT2D eigenvalue weighted by Gasteiger charge is 2.45. The van der Waals surface area contributed by atoms with E-state index in [1.165, 1.54) is 6.42 Å². The number of nitrogens with zero attached hydrogens (tertiary/aromatic N) is 2. The molecule has 0 saturated carbocycles. The summed E-state index contributed by atoms with van der Waals surface area (Å²) in [6, 6.07) is 10.4. The standard InChI is InChI=1S/C17H22N2O2/c1-2-17(21)18-11-14-10-15(12-18)19(14)9-8-16(20)13-6-4-3-5-7-13/h3-7,14-15H,2,8-12H2,1H3. The van der Waals surface area contributed by atoms with Crippen LogP contribution in [0.3, 0.4) is 0 Å². The predicted octanol–water partition coefficient (Wildman–Crippen LogP) is 1.95. The Kier molecular flexibility index (Phi) is 4.06. The van der Waals surface area contributed by atoms with Crippen LogP contribution < -0.4 is 0 Å². The van der Waals surface area contributed by atoms with E-state index in [1.54, 1.807) is 0 Å². The number of carbonyl (C=O) groups excluding carboxylic acids is 2. The first-order valence-corrected chi connectivity index (χ1v) is 7.80. The van der Waals surface area contributed by atoms with Gasteiger partial charge in [0, 0.05) is 50.1 Å². The van der Waals surface area contributed by atoms with E-state index in [9.17, 15) is 9.59 Å². The van der Waals surface area contributed by atoms with Crippen LogP contribution in [-0.2, 0) is 4.79 Å². The van der Waals surface area contributed by atoms with E-state index < -0.39 is 0 Å². The third kappa shape index (κ3) is 2.86. The number of carbonyl (C=O) groups is 2. The second-order valence-corrected chi connectivity index (χ2v) is 5.97. The molecule has 112 valence electrons. The van der Waals surface area contributed by atoms with E-state index in [0.717, 1.165) is 25.2 Å². The maximum absolute atomic E-state index is 12.1. The number of hydrogen-bond acceptors (Lipinski definition) is 3. The summed E-state index contributed by atoms with van der Waals surface area (Å²) in [4.78, 5) is 28.3. The average molecular weight is 286 g/mol. The summed E-state index contributed by atoms with van der Waals surface area (Å²) in [5.74, 6) is 0.465. The Morgan fingerprint density at radius 2 is 1.81 bits per heavy atom. The first-order valence-electron chi connectivity index (χ1n) is 7.80. The third-order valence-electron chi connectivity index (χ3n) is 4.69. The lowest BCUT2D eigenvalue weighted by Crippen LogP contribution is -2.69. The van der Waals surface area contributed by atoms with Crippen LogP contribution in [0.5, 0.6) is 0 Å². The molecule has 0 N–H and O–H groups in total. The number of ketones is 1.